The van der Waals surface area contributed by atoms with Gasteiger partial charge in [-0.15, -0.1) is 0 Å². The Labute approximate surface area is 176 Å². The lowest BCUT2D eigenvalue weighted by atomic mass is 10.0. The first-order valence-electron chi connectivity index (χ1n) is 9.58. The van der Waals surface area contributed by atoms with Crippen LogP contribution in [0, 0.1) is 5.92 Å². The molecule has 0 spiro atoms. The second-order valence-corrected chi connectivity index (χ2v) is 8.97. The van der Waals surface area contributed by atoms with Gasteiger partial charge in [0.05, 0.1) is 17.5 Å². The number of nitrogens with one attached hydrogen (secondary N) is 1. The molecule has 5 rings (SSSR count). The summed E-state index contributed by atoms with van der Waals surface area (Å²) >= 11 is 0. The third-order valence-electron chi connectivity index (χ3n) is 5.13. The molecule has 4 aromatic rings. The molecule has 4 N–H and O–H groups in total. The molecule has 1 aromatic carbocycles. The van der Waals surface area contributed by atoms with Crippen LogP contribution in [0.1, 0.15) is 12.8 Å². The number of imidazole rings is 1. The van der Waals surface area contributed by atoms with Crippen molar-refractivity contribution in [1.82, 2.24) is 9.38 Å². The first-order valence-corrected chi connectivity index (χ1v) is 11.2. The molecule has 31 heavy (non-hydrogen) atoms. The lowest BCUT2D eigenvalue weighted by Crippen LogP contribution is -2.13. The Morgan fingerprint density at radius 1 is 1.16 bits per heavy atom. The minimum Gasteiger partial charge on any atom is -0.507 e. The van der Waals surface area contributed by atoms with Gasteiger partial charge in [0.2, 0.25) is 11.4 Å². The van der Waals surface area contributed by atoms with E-state index in [0.29, 0.717) is 17.0 Å². The smallest absolute Gasteiger partial charge is 0.391 e. The zero-order valence-corrected chi connectivity index (χ0v) is 17.0. The highest BCUT2D eigenvalue weighted by atomic mass is 31.2. The van der Waals surface area contributed by atoms with Gasteiger partial charge in [-0.05, 0) is 60.9 Å². The maximum Gasteiger partial charge on any atom is 0.391 e. The monoisotopic (exact) mass is 439 g/mol. The number of benzene rings is 1. The van der Waals surface area contributed by atoms with Crippen LogP contribution in [0.3, 0.4) is 0 Å². The molecule has 0 saturated heterocycles. The molecule has 0 radical (unpaired) electrons. The molecular formula is C21H18N3O6P. The van der Waals surface area contributed by atoms with E-state index in [0.717, 1.165) is 18.5 Å². The number of rotatable bonds is 5. The van der Waals surface area contributed by atoms with Gasteiger partial charge >= 0.3 is 7.60 Å². The Kier molecular flexibility index (Phi) is 4.48. The molecule has 0 aliphatic heterocycles. The molecule has 0 atom stereocenters. The molecule has 3 heterocycles. The largest absolute Gasteiger partial charge is 0.507 e. The Morgan fingerprint density at radius 2 is 1.97 bits per heavy atom. The van der Waals surface area contributed by atoms with Gasteiger partial charge in [0.15, 0.2) is 5.82 Å². The topological polar surface area (TPSA) is 137 Å². The number of hydrogen-bond donors (Lipinski definition) is 4. The van der Waals surface area contributed by atoms with Crippen LogP contribution in [0.2, 0.25) is 0 Å². The van der Waals surface area contributed by atoms with Gasteiger partial charge < -0.3 is 24.6 Å². The second kappa shape index (κ2) is 7.09. The summed E-state index contributed by atoms with van der Waals surface area (Å²) < 4.78 is 18.5. The van der Waals surface area contributed by atoms with E-state index in [4.69, 9.17) is 4.42 Å². The fraction of sp³-hybridized carbons (Fsp3) is 0.143. The summed E-state index contributed by atoms with van der Waals surface area (Å²) in [6, 6.07) is 12.9. The molecule has 1 saturated carbocycles. The summed E-state index contributed by atoms with van der Waals surface area (Å²) in [5, 5.41) is 13.1. The van der Waals surface area contributed by atoms with Crippen LogP contribution in [0.25, 0.3) is 28.2 Å². The number of carbonyl (C=O) groups excluding carboxylic acids is 1. The molecule has 9 nitrogen and oxygen atoms in total. The van der Waals surface area contributed by atoms with Gasteiger partial charge in [-0.25, -0.2) is 4.98 Å². The van der Waals surface area contributed by atoms with Crippen LogP contribution in [0.15, 0.2) is 59.1 Å². The number of fused-ring (bicyclic) bond motifs is 1. The predicted molar refractivity (Wildman–Crippen MR) is 113 cm³/mol. The fourth-order valence-corrected chi connectivity index (χ4v) is 3.89. The molecule has 1 fully saturated rings. The van der Waals surface area contributed by atoms with Crippen LogP contribution in [-0.2, 0) is 9.36 Å². The van der Waals surface area contributed by atoms with E-state index >= 15 is 0 Å². The molecular weight excluding hydrogens is 421 g/mol. The van der Waals surface area contributed by atoms with Gasteiger partial charge in [-0.1, -0.05) is 6.07 Å². The second-order valence-electron chi connectivity index (χ2n) is 7.44. The third-order valence-corrected chi connectivity index (χ3v) is 5.94. The summed E-state index contributed by atoms with van der Waals surface area (Å²) in [5.74, 6) is 0.532. The zero-order valence-electron chi connectivity index (χ0n) is 16.1. The number of phenols is 1. The van der Waals surface area contributed by atoms with E-state index < -0.39 is 13.1 Å². The number of anilines is 1. The molecule has 1 amide bonds. The molecule has 3 aromatic heterocycles. The summed E-state index contributed by atoms with van der Waals surface area (Å²) in [6.45, 7) is 0. The van der Waals surface area contributed by atoms with E-state index in [1.807, 2.05) is 22.6 Å². The summed E-state index contributed by atoms with van der Waals surface area (Å²) in [5.41, 5.74) is 1.92. The van der Waals surface area contributed by atoms with E-state index in [-0.39, 0.29) is 28.9 Å². The Hall–Kier alpha value is -3.39. The average Bonchev–Trinajstić information content (AvgIpc) is 3.30. The van der Waals surface area contributed by atoms with Crippen molar-refractivity contribution in [1.29, 1.82) is 0 Å². The minimum absolute atomic E-state index is 0.0319. The zero-order chi connectivity index (χ0) is 21.8. The van der Waals surface area contributed by atoms with Gasteiger partial charge in [0.25, 0.3) is 0 Å². The van der Waals surface area contributed by atoms with Crippen molar-refractivity contribution in [3.63, 3.8) is 0 Å². The van der Waals surface area contributed by atoms with Crippen molar-refractivity contribution in [3.8, 4) is 28.3 Å². The molecule has 0 bridgehead atoms. The van der Waals surface area contributed by atoms with Crippen molar-refractivity contribution >= 4 is 30.5 Å². The Balaban J connectivity index is 1.55. The Morgan fingerprint density at radius 3 is 2.68 bits per heavy atom. The third kappa shape index (κ3) is 3.74. The number of amides is 1. The van der Waals surface area contributed by atoms with Crippen molar-refractivity contribution in [2.75, 3.05) is 5.32 Å². The fourth-order valence-electron chi connectivity index (χ4n) is 3.40. The van der Waals surface area contributed by atoms with Gasteiger partial charge in [0, 0.05) is 5.92 Å². The van der Waals surface area contributed by atoms with Crippen LogP contribution >= 0.6 is 7.60 Å². The first kappa shape index (κ1) is 19.6. The summed E-state index contributed by atoms with van der Waals surface area (Å²) in [4.78, 5) is 35.1. The molecule has 1 aliphatic rings. The van der Waals surface area contributed by atoms with Crippen molar-refractivity contribution in [2.45, 2.75) is 12.8 Å². The average molecular weight is 439 g/mol. The van der Waals surface area contributed by atoms with Crippen molar-refractivity contribution < 1.29 is 28.7 Å². The van der Waals surface area contributed by atoms with Crippen molar-refractivity contribution in [2.24, 2.45) is 5.92 Å². The quantitative estimate of drug-likeness (QED) is 0.351. The number of hydrogen-bond acceptors (Lipinski definition) is 5. The molecule has 1 aliphatic carbocycles. The number of furan rings is 1. The number of nitrogens with zero attached hydrogens (tertiary/aromatic N) is 2. The SMILES string of the molecule is O=C(Nc1cn2c(-c3ccc(O)c(-c4ccc(P(=O)(O)O)o4)c3)cccc2n1)C1CC1. The lowest BCUT2D eigenvalue weighted by Gasteiger charge is -2.09. The van der Waals surface area contributed by atoms with Crippen LogP contribution in [-0.4, -0.2) is 30.2 Å². The van der Waals surface area contributed by atoms with Crippen LogP contribution in [0.5, 0.6) is 5.75 Å². The van der Waals surface area contributed by atoms with E-state index in [9.17, 15) is 24.3 Å². The molecule has 158 valence electrons. The van der Waals surface area contributed by atoms with Gasteiger partial charge in [-0.2, -0.15) is 0 Å². The number of aromatic nitrogens is 2. The first-order chi connectivity index (χ1) is 14.8. The van der Waals surface area contributed by atoms with E-state index in [2.05, 4.69) is 10.3 Å². The highest BCUT2D eigenvalue weighted by Gasteiger charge is 2.30. The Bertz CT molecular complexity index is 1360. The van der Waals surface area contributed by atoms with Crippen LogP contribution < -0.4 is 10.8 Å². The summed E-state index contributed by atoms with van der Waals surface area (Å²) in [6.07, 6.45) is 3.53. The van der Waals surface area contributed by atoms with E-state index in [1.54, 1.807) is 18.3 Å². The normalized spacial score (nSPS) is 14.1. The van der Waals surface area contributed by atoms with E-state index in [1.165, 1.54) is 18.2 Å². The highest BCUT2D eigenvalue weighted by molar-refractivity contribution is 7.59. The number of pyridine rings is 1. The number of carbonyl (C=O) groups is 1. The highest BCUT2D eigenvalue weighted by Crippen LogP contribution is 2.39. The maximum absolute atomic E-state index is 12.1. The number of aromatic hydroxyl groups is 1. The predicted octanol–water partition coefficient (Wildman–Crippen LogP) is 3.12. The molecule has 10 heteroatoms. The van der Waals surface area contributed by atoms with Crippen molar-refractivity contribution in [3.05, 3.63) is 54.7 Å². The summed E-state index contributed by atoms with van der Waals surface area (Å²) in [7, 11) is -4.54. The number of phenolic OH excluding ortho intramolecular Hbond substituents is 1. The van der Waals surface area contributed by atoms with Gasteiger partial charge in [0.1, 0.15) is 17.2 Å². The standard InChI is InChI=1S/C21H18N3O6P/c25-16-7-6-13(10-14(16)17-8-9-20(30-17)31(27,28)29)15-2-1-3-19-22-18(11-24(15)19)23-21(26)12-4-5-12/h1-3,6-12,25H,4-5H2,(H,23,26)(H2,27,28,29). The van der Waals surface area contributed by atoms with Gasteiger partial charge in [-0.3, -0.25) is 13.8 Å². The maximum atomic E-state index is 12.1. The molecule has 0 unspecified atom stereocenters. The van der Waals surface area contributed by atoms with Crippen LogP contribution in [0.4, 0.5) is 5.82 Å². The lowest BCUT2D eigenvalue weighted by molar-refractivity contribution is -0.117. The minimum atomic E-state index is -4.54.